The van der Waals surface area contributed by atoms with Gasteiger partial charge in [0, 0.05) is 32.4 Å². The maximum absolute atomic E-state index is 5.57. The van der Waals surface area contributed by atoms with E-state index >= 15 is 0 Å². The predicted octanol–water partition coefficient (Wildman–Crippen LogP) is 0.500. The van der Waals surface area contributed by atoms with Crippen LogP contribution >= 0.6 is 0 Å². The van der Waals surface area contributed by atoms with Crippen molar-refractivity contribution >= 4 is 0 Å². The molecule has 5 heteroatoms. The van der Waals surface area contributed by atoms with Gasteiger partial charge in [0.25, 0.3) is 0 Å². The van der Waals surface area contributed by atoms with E-state index < -0.39 is 0 Å². The number of hydrogen-bond acceptors (Lipinski definition) is 4. The smallest absolute Gasteiger partial charge is 0.0950 e. The van der Waals surface area contributed by atoms with E-state index in [2.05, 4.69) is 10.3 Å². The van der Waals surface area contributed by atoms with Gasteiger partial charge in [-0.1, -0.05) is 0 Å². The molecule has 3 N–H and O–H groups in total. The first kappa shape index (κ1) is 12.5. The molecule has 1 atom stereocenters. The average molecular weight is 238 g/mol. The molecule has 0 amide bonds. The van der Waals surface area contributed by atoms with Crippen LogP contribution in [0, 0.1) is 0 Å². The maximum Gasteiger partial charge on any atom is 0.0950 e. The van der Waals surface area contributed by atoms with E-state index in [1.165, 1.54) is 12.8 Å². The number of aromatic nitrogens is 2. The second kappa shape index (κ2) is 6.74. The summed E-state index contributed by atoms with van der Waals surface area (Å²) in [7, 11) is 0. The highest BCUT2D eigenvalue weighted by atomic mass is 16.5. The van der Waals surface area contributed by atoms with Gasteiger partial charge in [0.15, 0.2) is 0 Å². The van der Waals surface area contributed by atoms with Gasteiger partial charge in [-0.3, -0.25) is 0 Å². The zero-order valence-electron chi connectivity index (χ0n) is 10.3. The Kier molecular flexibility index (Phi) is 4.97. The van der Waals surface area contributed by atoms with Gasteiger partial charge in [0.1, 0.15) is 0 Å². The fourth-order valence-corrected chi connectivity index (χ4v) is 2.12. The molecule has 1 aromatic heterocycles. The van der Waals surface area contributed by atoms with Crippen molar-refractivity contribution in [1.82, 2.24) is 14.9 Å². The number of nitrogens with two attached hydrogens (primary N) is 1. The largest absolute Gasteiger partial charge is 0.378 e. The molecule has 0 aromatic carbocycles. The quantitative estimate of drug-likeness (QED) is 0.679. The Morgan fingerprint density at radius 1 is 1.59 bits per heavy atom. The third-order valence-electron chi connectivity index (χ3n) is 3.05. The van der Waals surface area contributed by atoms with E-state index in [1.54, 1.807) is 0 Å². The first-order valence-electron chi connectivity index (χ1n) is 6.41. The Morgan fingerprint density at radius 3 is 3.29 bits per heavy atom. The minimum absolute atomic E-state index is 0.470. The molecule has 1 aromatic rings. The molecule has 17 heavy (non-hydrogen) atoms. The highest BCUT2D eigenvalue weighted by Gasteiger charge is 2.14. The van der Waals surface area contributed by atoms with Gasteiger partial charge >= 0.3 is 0 Å². The number of imidazole rings is 1. The lowest BCUT2D eigenvalue weighted by Crippen LogP contribution is -2.20. The molecule has 2 rings (SSSR count). The molecule has 0 saturated carbocycles. The van der Waals surface area contributed by atoms with Crippen LogP contribution in [0.15, 0.2) is 12.5 Å². The lowest BCUT2D eigenvalue weighted by atomic mass is 10.2. The molecule has 5 nitrogen and oxygen atoms in total. The lowest BCUT2D eigenvalue weighted by Gasteiger charge is -2.08. The van der Waals surface area contributed by atoms with Gasteiger partial charge < -0.3 is 20.4 Å². The number of ether oxygens (including phenoxy) is 1. The summed E-state index contributed by atoms with van der Waals surface area (Å²) >= 11 is 0. The Hall–Kier alpha value is -0.910. The first-order valence-corrected chi connectivity index (χ1v) is 6.41. The molecule has 2 heterocycles. The van der Waals surface area contributed by atoms with Crippen molar-refractivity contribution in [3.8, 4) is 0 Å². The maximum atomic E-state index is 5.57. The topological polar surface area (TPSA) is 65.1 Å². The number of rotatable bonds is 7. The minimum Gasteiger partial charge on any atom is -0.378 e. The number of nitrogens with zero attached hydrogens (tertiary/aromatic N) is 2. The summed E-state index contributed by atoms with van der Waals surface area (Å²) in [5.41, 5.74) is 6.56. The van der Waals surface area contributed by atoms with Gasteiger partial charge in [0.2, 0.25) is 0 Å². The summed E-state index contributed by atoms with van der Waals surface area (Å²) in [6.07, 6.45) is 7.89. The third-order valence-corrected chi connectivity index (χ3v) is 3.05. The van der Waals surface area contributed by atoms with Crippen LogP contribution in [0.4, 0.5) is 0 Å². The molecule has 1 unspecified atom stereocenters. The summed E-state index contributed by atoms with van der Waals surface area (Å²) < 4.78 is 7.59. The molecule has 1 saturated heterocycles. The van der Waals surface area contributed by atoms with E-state index in [4.69, 9.17) is 10.5 Å². The molecule has 1 fully saturated rings. The van der Waals surface area contributed by atoms with Gasteiger partial charge in [-0.25, -0.2) is 4.98 Å². The standard InChI is InChI=1S/C12H22N4O/c13-4-6-16-9-11(15-10-16)8-14-5-3-12-2-1-7-17-12/h9-10,12,14H,1-8,13H2. The molecule has 0 aliphatic carbocycles. The molecular weight excluding hydrogens is 216 g/mol. The van der Waals surface area contributed by atoms with Crippen LogP contribution in [0.2, 0.25) is 0 Å². The Bertz CT molecular complexity index is 320. The van der Waals surface area contributed by atoms with Crippen LogP contribution in [0.25, 0.3) is 0 Å². The summed E-state index contributed by atoms with van der Waals surface area (Å²) in [6.45, 7) is 4.25. The predicted molar refractivity (Wildman–Crippen MR) is 66.6 cm³/mol. The Labute approximate surface area is 102 Å². The molecule has 0 radical (unpaired) electrons. The van der Waals surface area contributed by atoms with E-state index in [-0.39, 0.29) is 0 Å². The highest BCUT2D eigenvalue weighted by molar-refractivity contribution is 4.96. The highest BCUT2D eigenvalue weighted by Crippen LogP contribution is 2.14. The van der Waals surface area contributed by atoms with Crippen molar-refractivity contribution in [3.05, 3.63) is 18.2 Å². The molecule has 0 spiro atoms. The van der Waals surface area contributed by atoms with Gasteiger partial charge in [-0.05, 0) is 25.8 Å². The van der Waals surface area contributed by atoms with Gasteiger partial charge in [-0.15, -0.1) is 0 Å². The van der Waals surface area contributed by atoms with Crippen LogP contribution in [0.3, 0.4) is 0 Å². The SMILES string of the molecule is NCCn1cnc(CNCCC2CCCO2)c1. The zero-order valence-corrected chi connectivity index (χ0v) is 10.3. The lowest BCUT2D eigenvalue weighted by molar-refractivity contribution is 0.104. The van der Waals surface area contributed by atoms with Gasteiger partial charge in [-0.2, -0.15) is 0 Å². The molecule has 1 aliphatic rings. The van der Waals surface area contributed by atoms with Crippen molar-refractivity contribution in [2.24, 2.45) is 5.73 Å². The molecular formula is C12H22N4O. The minimum atomic E-state index is 0.470. The average Bonchev–Trinajstić information content (AvgIpc) is 2.96. The normalized spacial score (nSPS) is 19.9. The van der Waals surface area contributed by atoms with Crippen LogP contribution in [-0.4, -0.2) is 35.4 Å². The fraction of sp³-hybridized carbons (Fsp3) is 0.750. The number of nitrogens with one attached hydrogen (secondary N) is 1. The first-order chi connectivity index (χ1) is 8.38. The van der Waals surface area contributed by atoms with E-state index in [9.17, 15) is 0 Å². The second-order valence-electron chi connectivity index (χ2n) is 4.49. The Morgan fingerprint density at radius 2 is 2.53 bits per heavy atom. The van der Waals surface area contributed by atoms with Crippen LogP contribution in [0.5, 0.6) is 0 Å². The summed E-state index contributed by atoms with van der Waals surface area (Å²) in [6, 6.07) is 0. The van der Waals surface area contributed by atoms with Crippen molar-refractivity contribution in [2.45, 2.75) is 38.5 Å². The van der Waals surface area contributed by atoms with Crippen molar-refractivity contribution in [3.63, 3.8) is 0 Å². The summed E-state index contributed by atoms with van der Waals surface area (Å²) in [5, 5.41) is 3.40. The monoisotopic (exact) mass is 238 g/mol. The summed E-state index contributed by atoms with van der Waals surface area (Å²) in [5.74, 6) is 0. The fourth-order valence-electron chi connectivity index (χ4n) is 2.12. The van der Waals surface area contributed by atoms with E-state index in [0.717, 1.165) is 38.4 Å². The van der Waals surface area contributed by atoms with Crippen molar-refractivity contribution in [1.29, 1.82) is 0 Å². The molecule has 0 bridgehead atoms. The van der Waals surface area contributed by atoms with E-state index in [1.807, 2.05) is 17.1 Å². The zero-order chi connectivity index (χ0) is 11.9. The second-order valence-corrected chi connectivity index (χ2v) is 4.49. The van der Waals surface area contributed by atoms with Crippen LogP contribution in [0.1, 0.15) is 25.0 Å². The molecule has 1 aliphatic heterocycles. The number of hydrogen-bond donors (Lipinski definition) is 2. The van der Waals surface area contributed by atoms with Crippen LogP contribution < -0.4 is 11.1 Å². The van der Waals surface area contributed by atoms with Crippen LogP contribution in [-0.2, 0) is 17.8 Å². The Balaban J connectivity index is 1.60. The van der Waals surface area contributed by atoms with E-state index in [0.29, 0.717) is 12.6 Å². The van der Waals surface area contributed by atoms with Crippen molar-refractivity contribution < 1.29 is 4.74 Å². The third kappa shape index (κ3) is 4.11. The molecule has 96 valence electrons. The van der Waals surface area contributed by atoms with Crippen molar-refractivity contribution in [2.75, 3.05) is 19.7 Å². The van der Waals surface area contributed by atoms with Gasteiger partial charge in [0.05, 0.1) is 18.1 Å². The summed E-state index contributed by atoms with van der Waals surface area (Å²) in [4.78, 5) is 4.32.